The Morgan fingerprint density at radius 3 is 2.71 bits per heavy atom. The van der Waals surface area contributed by atoms with Gasteiger partial charge in [-0.05, 0) is 30.7 Å². The molecule has 0 aliphatic rings. The molecule has 3 rings (SSSR count). The minimum absolute atomic E-state index is 0.180. The number of nitrogens with zero attached hydrogens (tertiary/aromatic N) is 4. The molecule has 21 heavy (non-hydrogen) atoms. The van der Waals surface area contributed by atoms with Crippen LogP contribution in [0.4, 0.5) is 5.69 Å². The number of hydrogen-bond donors (Lipinski definition) is 1. The summed E-state index contributed by atoms with van der Waals surface area (Å²) < 4.78 is 2.72. The molecule has 5 nitrogen and oxygen atoms in total. The van der Waals surface area contributed by atoms with Gasteiger partial charge >= 0.3 is 0 Å². The molecule has 2 heterocycles. The first-order valence-corrected chi connectivity index (χ1v) is 7.35. The lowest BCUT2D eigenvalue weighted by Crippen LogP contribution is -2.08. The molecular formula is C15H14BrN5. The van der Waals surface area contributed by atoms with Gasteiger partial charge in [-0.1, -0.05) is 34.1 Å². The van der Waals surface area contributed by atoms with E-state index in [1.54, 1.807) is 17.2 Å². The minimum atomic E-state index is 0.180. The van der Waals surface area contributed by atoms with Gasteiger partial charge in [0.05, 0.1) is 11.9 Å². The zero-order chi connectivity index (χ0) is 14.7. The molecule has 3 aromatic rings. The Morgan fingerprint density at radius 1 is 1.19 bits per heavy atom. The van der Waals surface area contributed by atoms with Gasteiger partial charge in [0, 0.05) is 10.5 Å². The second kappa shape index (κ2) is 6.05. The second-order valence-electron chi connectivity index (χ2n) is 4.63. The summed E-state index contributed by atoms with van der Waals surface area (Å²) in [5, 5.41) is 7.49. The van der Waals surface area contributed by atoms with E-state index in [9.17, 15) is 0 Å². The van der Waals surface area contributed by atoms with Gasteiger partial charge in [-0.2, -0.15) is 5.10 Å². The average Bonchev–Trinajstić information content (AvgIpc) is 3.02. The van der Waals surface area contributed by atoms with Crippen LogP contribution in [0.25, 0.3) is 5.82 Å². The van der Waals surface area contributed by atoms with Crippen molar-refractivity contribution in [2.75, 3.05) is 5.32 Å². The van der Waals surface area contributed by atoms with E-state index in [4.69, 9.17) is 0 Å². The van der Waals surface area contributed by atoms with Gasteiger partial charge in [0.15, 0.2) is 5.82 Å². The van der Waals surface area contributed by atoms with E-state index in [2.05, 4.69) is 49.3 Å². The van der Waals surface area contributed by atoms with Crippen molar-refractivity contribution < 1.29 is 0 Å². The molecule has 0 amide bonds. The quantitative estimate of drug-likeness (QED) is 0.786. The van der Waals surface area contributed by atoms with Crippen LogP contribution < -0.4 is 5.32 Å². The third-order valence-electron chi connectivity index (χ3n) is 3.16. The molecule has 1 N–H and O–H groups in total. The zero-order valence-corrected chi connectivity index (χ0v) is 13.0. The number of benzene rings is 1. The van der Waals surface area contributed by atoms with E-state index in [1.165, 1.54) is 11.9 Å². The predicted octanol–water partition coefficient (Wildman–Crippen LogP) is 3.60. The van der Waals surface area contributed by atoms with Gasteiger partial charge in [0.2, 0.25) is 0 Å². The maximum absolute atomic E-state index is 4.38. The van der Waals surface area contributed by atoms with Crippen LogP contribution in [-0.4, -0.2) is 19.7 Å². The second-order valence-corrected chi connectivity index (χ2v) is 5.49. The third kappa shape index (κ3) is 3.11. The number of anilines is 1. The van der Waals surface area contributed by atoms with Crippen molar-refractivity contribution in [1.82, 2.24) is 19.7 Å². The number of nitrogens with one attached hydrogen (secondary N) is 1. The van der Waals surface area contributed by atoms with E-state index >= 15 is 0 Å². The number of pyridine rings is 1. The summed E-state index contributed by atoms with van der Waals surface area (Å²) in [5.41, 5.74) is 2.17. The molecule has 0 bridgehead atoms. The summed E-state index contributed by atoms with van der Waals surface area (Å²) in [5.74, 6) is 0.742. The predicted molar refractivity (Wildman–Crippen MR) is 85.3 cm³/mol. The maximum atomic E-state index is 4.38. The molecular weight excluding hydrogens is 330 g/mol. The number of rotatable bonds is 4. The maximum Gasteiger partial charge on any atom is 0.155 e. The van der Waals surface area contributed by atoms with Crippen LogP contribution in [0.1, 0.15) is 18.5 Å². The van der Waals surface area contributed by atoms with Crippen molar-refractivity contribution >= 4 is 21.6 Å². The minimum Gasteiger partial charge on any atom is -0.377 e. The Bertz CT molecular complexity index is 709. The molecule has 1 unspecified atom stereocenters. The molecule has 0 saturated heterocycles. The summed E-state index contributed by atoms with van der Waals surface area (Å²) in [7, 11) is 0. The molecule has 0 aliphatic carbocycles. The first-order valence-electron chi connectivity index (χ1n) is 6.56. The largest absolute Gasteiger partial charge is 0.377 e. The van der Waals surface area contributed by atoms with Crippen molar-refractivity contribution in [1.29, 1.82) is 0 Å². The molecule has 0 saturated carbocycles. The fourth-order valence-electron chi connectivity index (χ4n) is 2.09. The molecule has 1 atom stereocenters. The van der Waals surface area contributed by atoms with Crippen LogP contribution in [0, 0.1) is 0 Å². The lowest BCUT2D eigenvalue weighted by Gasteiger charge is -2.17. The highest BCUT2D eigenvalue weighted by atomic mass is 79.9. The molecule has 0 fully saturated rings. The van der Waals surface area contributed by atoms with Crippen LogP contribution in [0.3, 0.4) is 0 Å². The number of aromatic nitrogens is 4. The molecule has 0 spiro atoms. The molecule has 0 radical (unpaired) electrons. The molecule has 1 aromatic carbocycles. The van der Waals surface area contributed by atoms with E-state index in [0.29, 0.717) is 0 Å². The van der Waals surface area contributed by atoms with Crippen molar-refractivity contribution in [3.63, 3.8) is 0 Å². The highest BCUT2D eigenvalue weighted by molar-refractivity contribution is 9.10. The highest BCUT2D eigenvalue weighted by Crippen LogP contribution is 2.25. The highest BCUT2D eigenvalue weighted by Gasteiger charge is 2.09. The van der Waals surface area contributed by atoms with E-state index in [-0.39, 0.29) is 6.04 Å². The lowest BCUT2D eigenvalue weighted by molar-refractivity contribution is 0.840. The van der Waals surface area contributed by atoms with Gasteiger partial charge < -0.3 is 5.32 Å². The van der Waals surface area contributed by atoms with Crippen molar-refractivity contribution in [3.05, 3.63) is 65.3 Å². The summed E-state index contributed by atoms with van der Waals surface area (Å²) in [6, 6.07) is 12.2. The van der Waals surface area contributed by atoms with Crippen LogP contribution in [-0.2, 0) is 0 Å². The SMILES string of the molecule is CC(Nc1ccc(-n2cncn2)nc1)c1ccccc1Br. The fraction of sp³-hybridized carbons (Fsp3) is 0.133. The Morgan fingerprint density at radius 2 is 2.05 bits per heavy atom. The Labute approximate surface area is 131 Å². The molecule has 6 heteroatoms. The Hall–Kier alpha value is -2.21. The normalized spacial score (nSPS) is 12.1. The van der Waals surface area contributed by atoms with Crippen molar-refractivity contribution in [3.8, 4) is 5.82 Å². The molecule has 106 valence electrons. The van der Waals surface area contributed by atoms with Crippen LogP contribution in [0.2, 0.25) is 0 Å². The zero-order valence-electron chi connectivity index (χ0n) is 11.4. The third-order valence-corrected chi connectivity index (χ3v) is 3.88. The van der Waals surface area contributed by atoms with Gasteiger partial charge in [0.1, 0.15) is 12.7 Å². The summed E-state index contributed by atoms with van der Waals surface area (Å²) in [4.78, 5) is 8.29. The van der Waals surface area contributed by atoms with Crippen LogP contribution in [0.5, 0.6) is 0 Å². The van der Waals surface area contributed by atoms with Gasteiger partial charge in [-0.3, -0.25) is 0 Å². The van der Waals surface area contributed by atoms with Crippen LogP contribution >= 0.6 is 15.9 Å². The smallest absolute Gasteiger partial charge is 0.155 e. The van der Waals surface area contributed by atoms with E-state index in [1.807, 2.05) is 30.3 Å². The topological polar surface area (TPSA) is 55.6 Å². The number of halogens is 1. The summed E-state index contributed by atoms with van der Waals surface area (Å²) in [6.45, 7) is 2.12. The van der Waals surface area contributed by atoms with Crippen LogP contribution in [0.15, 0.2) is 59.7 Å². The standard InChI is InChI=1S/C15H14BrN5/c1-11(13-4-2-3-5-14(13)16)20-12-6-7-15(18-8-12)21-10-17-9-19-21/h2-11,20H,1H3. The van der Waals surface area contributed by atoms with Gasteiger partial charge in [0.25, 0.3) is 0 Å². The van der Waals surface area contributed by atoms with Gasteiger partial charge in [-0.15, -0.1) is 0 Å². The first-order chi connectivity index (χ1) is 10.2. The Kier molecular flexibility index (Phi) is 3.96. The first kappa shape index (κ1) is 13.8. The lowest BCUT2D eigenvalue weighted by atomic mass is 10.1. The van der Waals surface area contributed by atoms with Gasteiger partial charge in [-0.25, -0.2) is 14.6 Å². The van der Waals surface area contributed by atoms with Crippen molar-refractivity contribution in [2.24, 2.45) is 0 Å². The average molecular weight is 344 g/mol. The Balaban J connectivity index is 1.75. The van der Waals surface area contributed by atoms with E-state index < -0.39 is 0 Å². The van der Waals surface area contributed by atoms with Crippen molar-refractivity contribution in [2.45, 2.75) is 13.0 Å². The molecule has 2 aromatic heterocycles. The van der Waals surface area contributed by atoms with E-state index in [0.717, 1.165) is 16.0 Å². The summed E-state index contributed by atoms with van der Waals surface area (Å²) >= 11 is 3.57. The number of hydrogen-bond acceptors (Lipinski definition) is 4. The monoisotopic (exact) mass is 343 g/mol. The molecule has 0 aliphatic heterocycles. The fourth-order valence-corrected chi connectivity index (χ4v) is 2.72. The summed E-state index contributed by atoms with van der Waals surface area (Å²) in [6.07, 6.45) is 4.91.